The van der Waals surface area contributed by atoms with Crippen LogP contribution < -0.4 is 10.4 Å². The van der Waals surface area contributed by atoms with Crippen molar-refractivity contribution < 1.29 is 0 Å². The Bertz CT molecular complexity index is 589. The Hall–Kier alpha value is -1.13. The van der Waals surface area contributed by atoms with Crippen LogP contribution in [0.25, 0.3) is 0 Å². The van der Waals surface area contributed by atoms with E-state index < -0.39 is 8.07 Å². The molecule has 0 nitrogen and oxygen atoms in total. The summed E-state index contributed by atoms with van der Waals surface area (Å²) in [5.74, 6) is 0. The summed E-state index contributed by atoms with van der Waals surface area (Å²) in [6.07, 6.45) is 7.58. The lowest BCUT2D eigenvalue weighted by Gasteiger charge is -2.30. The van der Waals surface area contributed by atoms with Gasteiger partial charge in [0.05, 0.1) is 0 Å². The molecule has 26 heavy (non-hydrogen) atoms. The predicted octanol–water partition coefficient (Wildman–Crippen LogP) is 5.86. The third-order valence-corrected chi connectivity index (χ3v) is 14.4. The highest BCUT2D eigenvalue weighted by atomic mass is 28.4. The number of rotatable bonds is 10. The molecule has 2 aromatic carbocycles. The molecule has 0 aliphatic rings. The van der Waals surface area contributed by atoms with Gasteiger partial charge in [0.1, 0.15) is 8.07 Å². The lowest BCUT2D eigenvalue weighted by molar-refractivity contribution is 0.795. The summed E-state index contributed by atoms with van der Waals surface area (Å²) in [6.45, 7) is 12.1. The lowest BCUT2D eigenvalue weighted by Crippen LogP contribution is -2.57. The SMILES string of the molecule is CCCCc1ccc([Si](C)(C[Si](C)C)c2ccc(CCCC)cc2)cc1. The second-order valence-corrected chi connectivity index (χ2v) is 16.0. The summed E-state index contributed by atoms with van der Waals surface area (Å²) in [5.41, 5.74) is 4.42. The van der Waals surface area contributed by atoms with Gasteiger partial charge in [-0.05, 0) is 36.8 Å². The number of hydrogen-bond acceptors (Lipinski definition) is 0. The second-order valence-electron chi connectivity index (χ2n) is 8.32. The smallest absolute Gasteiger partial charge is 0.0715 e. The van der Waals surface area contributed by atoms with Crippen molar-refractivity contribution in [3.8, 4) is 0 Å². The largest absolute Gasteiger partial charge is 0.112 e. The first-order valence-corrected chi connectivity index (χ1v) is 15.9. The molecule has 0 saturated heterocycles. The first-order chi connectivity index (χ1) is 12.5. The fraction of sp³-hybridized carbons (Fsp3) is 0.500. The van der Waals surface area contributed by atoms with E-state index in [2.05, 4.69) is 82.0 Å². The molecule has 0 unspecified atom stereocenters. The van der Waals surface area contributed by atoms with Crippen LogP contribution in [0.1, 0.15) is 50.7 Å². The van der Waals surface area contributed by atoms with E-state index >= 15 is 0 Å². The molecule has 0 atom stereocenters. The number of benzene rings is 2. The van der Waals surface area contributed by atoms with Gasteiger partial charge in [-0.3, -0.25) is 0 Å². The van der Waals surface area contributed by atoms with Crippen molar-refractivity contribution in [3.63, 3.8) is 0 Å². The quantitative estimate of drug-likeness (QED) is 0.452. The number of aryl methyl sites for hydroxylation is 2. The van der Waals surface area contributed by atoms with E-state index in [1.54, 1.807) is 10.4 Å². The topological polar surface area (TPSA) is 0 Å². The fourth-order valence-corrected chi connectivity index (χ4v) is 13.3. The van der Waals surface area contributed by atoms with Crippen LogP contribution in [0, 0.1) is 0 Å². The van der Waals surface area contributed by atoms with Gasteiger partial charge in [0, 0.05) is 8.80 Å². The van der Waals surface area contributed by atoms with Crippen molar-refractivity contribution in [2.45, 2.75) is 77.7 Å². The Morgan fingerprint density at radius 3 is 1.38 bits per heavy atom. The number of unbranched alkanes of at least 4 members (excludes halogenated alkanes) is 2. The summed E-state index contributed by atoms with van der Waals surface area (Å²) >= 11 is 0. The van der Waals surface area contributed by atoms with Crippen molar-refractivity contribution in [1.82, 2.24) is 0 Å². The number of hydrogen-bond donors (Lipinski definition) is 0. The Kier molecular flexibility index (Phi) is 8.37. The van der Waals surface area contributed by atoms with Crippen LogP contribution in [-0.2, 0) is 12.8 Å². The maximum atomic E-state index is 2.59. The molecule has 0 aliphatic heterocycles. The Balaban J connectivity index is 2.29. The molecule has 0 amide bonds. The molecule has 0 saturated carbocycles. The van der Waals surface area contributed by atoms with E-state index in [0.717, 1.165) is 0 Å². The van der Waals surface area contributed by atoms with Gasteiger partial charge >= 0.3 is 0 Å². The van der Waals surface area contributed by atoms with Gasteiger partial charge in [-0.25, -0.2) is 0 Å². The molecule has 0 aromatic heterocycles. The molecule has 141 valence electrons. The first-order valence-electron chi connectivity index (χ1n) is 10.5. The van der Waals surface area contributed by atoms with Crippen molar-refractivity contribution in [3.05, 3.63) is 59.7 Å². The van der Waals surface area contributed by atoms with Gasteiger partial charge in [0.2, 0.25) is 0 Å². The Morgan fingerprint density at radius 2 is 1.08 bits per heavy atom. The van der Waals surface area contributed by atoms with Crippen LogP contribution in [0.2, 0.25) is 25.3 Å². The minimum atomic E-state index is -1.63. The highest BCUT2D eigenvalue weighted by Gasteiger charge is 2.32. The average Bonchev–Trinajstić information content (AvgIpc) is 2.65. The lowest BCUT2D eigenvalue weighted by atomic mass is 10.1. The van der Waals surface area contributed by atoms with Crippen molar-refractivity contribution >= 4 is 27.2 Å². The first kappa shape index (κ1) is 21.2. The predicted molar refractivity (Wildman–Crippen MR) is 123 cm³/mol. The van der Waals surface area contributed by atoms with Gasteiger partial charge in [0.25, 0.3) is 0 Å². The van der Waals surface area contributed by atoms with Crippen molar-refractivity contribution in [2.24, 2.45) is 0 Å². The maximum absolute atomic E-state index is 2.59. The van der Waals surface area contributed by atoms with Crippen LogP contribution in [-0.4, -0.2) is 16.9 Å². The standard InChI is InChI=1S/C24H37Si2/c1-6-8-10-21-12-16-23(17-13-21)26(5,20-25(3)4)24-18-14-22(15-19-24)11-9-7-2/h12-19H,6-11,20H2,1-5H3. The summed E-state index contributed by atoms with van der Waals surface area (Å²) in [7, 11) is -1.90. The summed E-state index contributed by atoms with van der Waals surface area (Å²) in [4.78, 5) is 0. The molecule has 0 bridgehead atoms. The van der Waals surface area contributed by atoms with E-state index in [4.69, 9.17) is 0 Å². The van der Waals surface area contributed by atoms with E-state index in [0.29, 0.717) is 0 Å². The zero-order valence-electron chi connectivity index (χ0n) is 17.6. The minimum absolute atomic E-state index is 0.271. The summed E-state index contributed by atoms with van der Waals surface area (Å²) in [5, 5.41) is 3.23. The molecule has 2 heteroatoms. The van der Waals surface area contributed by atoms with Crippen molar-refractivity contribution in [2.75, 3.05) is 0 Å². The van der Waals surface area contributed by atoms with E-state index in [1.807, 2.05) is 0 Å². The highest BCUT2D eigenvalue weighted by molar-refractivity contribution is 7.06. The van der Waals surface area contributed by atoms with Crippen LogP contribution in [0.3, 0.4) is 0 Å². The van der Waals surface area contributed by atoms with Crippen LogP contribution >= 0.6 is 0 Å². The highest BCUT2D eigenvalue weighted by Crippen LogP contribution is 2.16. The van der Waals surface area contributed by atoms with Gasteiger partial charge in [-0.2, -0.15) is 0 Å². The maximum Gasteiger partial charge on any atom is 0.112 e. The third kappa shape index (κ3) is 5.69. The summed E-state index contributed by atoms with van der Waals surface area (Å²) in [6, 6.07) is 19.4. The van der Waals surface area contributed by atoms with Crippen LogP contribution in [0.15, 0.2) is 48.5 Å². The normalized spacial score (nSPS) is 11.9. The van der Waals surface area contributed by atoms with E-state index in [9.17, 15) is 0 Å². The molecule has 0 aliphatic carbocycles. The Morgan fingerprint density at radius 1 is 0.692 bits per heavy atom. The molecule has 0 heterocycles. The van der Waals surface area contributed by atoms with Crippen LogP contribution in [0.5, 0.6) is 0 Å². The molecule has 1 radical (unpaired) electrons. The minimum Gasteiger partial charge on any atom is -0.0715 e. The van der Waals surface area contributed by atoms with Gasteiger partial charge < -0.3 is 0 Å². The molecule has 0 spiro atoms. The molecule has 0 N–H and O–H groups in total. The molecule has 2 rings (SSSR count). The van der Waals surface area contributed by atoms with Gasteiger partial charge in [-0.15, -0.1) is 0 Å². The molecule has 0 fully saturated rings. The van der Waals surface area contributed by atoms with E-state index in [1.165, 1.54) is 55.3 Å². The molecule has 2 aromatic rings. The summed E-state index contributed by atoms with van der Waals surface area (Å²) < 4.78 is 0. The van der Waals surface area contributed by atoms with Gasteiger partial charge in [-0.1, -0.05) is 111 Å². The Labute approximate surface area is 164 Å². The van der Waals surface area contributed by atoms with Crippen molar-refractivity contribution in [1.29, 1.82) is 0 Å². The average molecular weight is 382 g/mol. The van der Waals surface area contributed by atoms with E-state index in [-0.39, 0.29) is 8.80 Å². The van der Waals surface area contributed by atoms with Gasteiger partial charge in [0.15, 0.2) is 0 Å². The zero-order valence-corrected chi connectivity index (χ0v) is 19.6. The molecular weight excluding hydrogens is 344 g/mol. The monoisotopic (exact) mass is 381 g/mol. The third-order valence-electron chi connectivity index (χ3n) is 5.53. The van der Waals surface area contributed by atoms with Crippen LogP contribution in [0.4, 0.5) is 0 Å². The molecular formula is C24H37Si2. The zero-order chi connectivity index (χ0) is 19.0. The second kappa shape index (κ2) is 10.3. The fourth-order valence-electron chi connectivity index (χ4n) is 3.92.